The molecular formula is C16H16N4S. The fourth-order valence-electron chi connectivity index (χ4n) is 2.16. The Hall–Kier alpha value is -2.11. The molecule has 1 N–H and O–H groups in total. The molecule has 4 nitrogen and oxygen atoms in total. The number of benzene rings is 1. The topological polar surface area (TPSA) is 50.7 Å². The van der Waals surface area contributed by atoms with Crippen LogP contribution in [0.4, 0.5) is 0 Å². The second-order valence-electron chi connectivity index (χ2n) is 4.58. The number of nitrogens with zero attached hydrogens (tertiary/aromatic N) is 3. The normalized spacial score (nSPS) is 12.2. The van der Waals surface area contributed by atoms with Gasteiger partial charge in [0.1, 0.15) is 10.0 Å². The minimum absolute atomic E-state index is 0.0873. The lowest BCUT2D eigenvalue weighted by molar-refractivity contribution is 0.621. The molecule has 3 aromatic rings. The second-order valence-corrected chi connectivity index (χ2v) is 5.59. The quantitative estimate of drug-likeness (QED) is 0.785. The molecule has 0 saturated carbocycles. The number of hydrogen-bond donors (Lipinski definition) is 1. The van der Waals surface area contributed by atoms with Gasteiger partial charge in [0.2, 0.25) is 0 Å². The summed E-state index contributed by atoms with van der Waals surface area (Å²) in [4.78, 5) is 4.03. The van der Waals surface area contributed by atoms with Gasteiger partial charge < -0.3 is 5.32 Å². The molecule has 3 rings (SSSR count). The summed E-state index contributed by atoms with van der Waals surface area (Å²) in [7, 11) is 0. The van der Waals surface area contributed by atoms with E-state index in [0.717, 1.165) is 22.1 Å². The molecule has 0 aliphatic heterocycles. The molecule has 0 saturated heterocycles. The first-order valence-electron chi connectivity index (χ1n) is 6.90. The second kappa shape index (κ2) is 6.56. The number of rotatable bonds is 5. The van der Waals surface area contributed by atoms with Crippen LogP contribution in [0, 0.1) is 0 Å². The summed E-state index contributed by atoms with van der Waals surface area (Å²) >= 11 is 1.62. The van der Waals surface area contributed by atoms with Crippen LogP contribution in [-0.4, -0.2) is 21.7 Å². The first-order valence-corrected chi connectivity index (χ1v) is 7.72. The van der Waals surface area contributed by atoms with Gasteiger partial charge in [0.25, 0.3) is 0 Å². The van der Waals surface area contributed by atoms with E-state index in [0.29, 0.717) is 0 Å². The van der Waals surface area contributed by atoms with Crippen molar-refractivity contribution in [3.63, 3.8) is 0 Å². The third-order valence-corrected chi connectivity index (χ3v) is 4.19. The average Bonchev–Trinajstić information content (AvgIpc) is 3.04. The monoisotopic (exact) mass is 296 g/mol. The van der Waals surface area contributed by atoms with Crippen LogP contribution in [0.25, 0.3) is 10.6 Å². The largest absolute Gasteiger partial charge is 0.304 e. The van der Waals surface area contributed by atoms with Crippen LogP contribution in [0.2, 0.25) is 0 Å². The third-order valence-electron chi connectivity index (χ3n) is 3.16. The summed E-state index contributed by atoms with van der Waals surface area (Å²) < 4.78 is 0. The van der Waals surface area contributed by atoms with Gasteiger partial charge in [0, 0.05) is 18.0 Å². The van der Waals surface area contributed by atoms with Gasteiger partial charge in [-0.25, -0.2) is 0 Å². The molecule has 1 unspecified atom stereocenters. The molecule has 21 heavy (non-hydrogen) atoms. The van der Waals surface area contributed by atoms with Crippen molar-refractivity contribution in [2.75, 3.05) is 6.54 Å². The predicted octanol–water partition coefficient (Wildman–Crippen LogP) is 3.30. The van der Waals surface area contributed by atoms with Crippen LogP contribution in [0.3, 0.4) is 0 Å². The zero-order valence-corrected chi connectivity index (χ0v) is 12.5. The van der Waals surface area contributed by atoms with Gasteiger partial charge in [-0.05, 0) is 24.2 Å². The van der Waals surface area contributed by atoms with E-state index in [2.05, 4.69) is 39.6 Å². The fraction of sp³-hybridized carbons (Fsp3) is 0.188. The zero-order chi connectivity index (χ0) is 14.5. The van der Waals surface area contributed by atoms with E-state index in [-0.39, 0.29) is 6.04 Å². The van der Waals surface area contributed by atoms with Gasteiger partial charge in [-0.2, -0.15) is 0 Å². The van der Waals surface area contributed by atoms with Crippen LogP contribution >= 0.6 is 11.3 Å². The molecule has 2 heterocycles. The van der Waals surface area contributed by atoms with Crippen molar-refractivity contribution in [3.8, 4) is 10.6 Å². The van der Waals surface area contributed by atoms with Gasteiger partial charge in [-0.1, -0.05) is 48.6 Å². The van der Waals surface area contributed by atoms with E-state index in [4.69, 9.17) is 0 Å². The van der Waals surface area contributed by atoms with Crippen molar-refractivity contribution in [2.45, 2.75) is 13.0 Å². The Kier molecular flexibility index (Phi) is 4.33. The fourth-order valence-corrected chi connectivity index (χ4v) is 3.11. The summed E-state index contributed by atoms with van der Waals surface area (Å²) in [5.74, 6) is 0. The van der Waals surface area contributed by atoms with E-state index >= 15 is 0 Å². The predicted molar refractivity (Wildman–Crippen MR) is 85.1 cm³/mol. The third kappa shape index (κ3) is 3.15. The Morgan fingerprint density at radius 3 is 2.52 bits per heavy atom. The smallest absolute Gasteiger partial charge is 0.147 e. The molecule has 0 amide bonds. The molecule has 5 heteroatoms. The highest BCUT2D eigenvalue weighted by Crippen LogP contribution is 2.29. The maximum Gasteiger partial charge on any atom is 0.147 e. The molecule has 1 atom stereocenters. The number of nitrogens with one attached hydrogen (secondary N) is 1. The van der Waals surface area contributed by atoms with Crippen LogP contribution in [0.1, 0.15) is 23.5 Å². The molecule has 106 valence electrons. The lowest BCUT2D eigenvalue weighted by atomic mass is 10.1. The van der Waals surface area contributed by atoms with Crippen LogP contribution in [-0.2, 0) is 0 Å². The van der Waals surface area contributed by atoms with E-state index in [1.165, 1.54) is 5.56 Å². The minimum Gasteiger partial charge on any atom is -0.304 e. The number of hydrogen-bond acceptors (Lipinski definition) is 5. The molecule has 2 aromatic heterocycles. The van der Waals surface area contributed by atoms with Crippen LogP contribution in [0.15, 0.2) is 54.9 Å². The highest BCUT2D eigenvalue weighted by molar-refractivity contribution is 7.14. The van der Waals surface area contributed by atoms with Crippen molar-refractivity contribution in [1.82, 2.24) is 20.5 Å². The van der Waals surface area contributed by atoms with Crippen LogP contribution < -0.4 is 5.32 Å². The van der Waals surface area contributed by atoms with E-state index < -0.39 is 0 Å². The zero-order valence-electron chi connectivity index (χ0n) is 11.7. The maximum absolute atomic E-state index is 4.37. The molecule has 0 bridgehead atoms. The van der Waals surface area contributed by atoms with Gasteiger partial charge in [-0.15, -0.1) is 10.2 Å². The summed E-state index contributed by atoms with van der Waals surface area (Å²) in [5, 5.41) is 14.1. The Bertz CT molecular complexity index is 682. The van der Waals surface area contributed by atoms with Crippen molar-refractivity contribution in [2.24, 2.45) is 0 Å². The highest BCUT2D eigenvalue weighted by Gasteiger charge is 2.18. The van der Waals surface area contributed by atoms with Gasteiger partial charge >= 0.3 is 0 Å². The molecule has 0 spiro atoms. The lowest BCUT2D eigenvalue weighted by Crippen LogP contribution is -2.21. The molecule has 1 aromatic carbocycles. The summed E-state index contributed by atoms with van der Waals surface area (Å²) in [6.07, 6.45) is 3.55. The standard InChI is InChI=1S/C16H16N4S/c1-2-18-14(12-6-4-3-5-7-12)16-20-19-15(21-16)13-8-10-17-11-9-13/h3-11,14,18H,2H2,1H3. The first kappa shape index (κ1) is 13.9. The average molecular weight is 296 g/mol. The Morgan fingerprint density at radius 2 is 1.81 bits per heavy atom. The van der Waals surface area contributed by atoms with Crippen molar-refractivity contribution >= 4 is 11.3 Å². The highest BCUT2D eigenvalue weighted by atomic mass is 32.1. The van der Waals surface area contributed by atoms with Crippen molar-refractivity contribution < 1.29 is 0 Å². The minimum atomic E-state index is 0.0873. The van der Waals surface area contributed by atoms with Gasteiger partial charge in [-0.3, -0.25) is 4.98 Å². The maximum atomic E-state index is 4.37. The molecule has 0 radical (unpaired) electrons. The molecule has 0 aliphatic rings. The van der Waals surface area contributed by atoms with E-state index in [9.17, 15) is 0 Å². The lowest BCUT2D eigenvalue weighted by Gasteiger charge is -2.14. The molecular weight excluding hydrogens is 280 g/mol. The first-order chi connectivity index (χ1) is 10.4. The summed E-state index contributed by atoms with van der Waals surface area (Å²) in [6, 6.07) is 14.3. The van der Waals surface area contributed by atoms with Gasteiger partial charge in [0.05, 0.1) is 6.04 Å². The molecule has 0 fully saturated rings. The Morgan fingerprint density at radius 1 is 1.05 bits per heavy atom. The number of aromatic nitrogens is 3. The van der Waals surface area contributed by atoms with E-state index in [1.54, 1.807) is 23.7 Å². The Labute approximate surface area is 127 Å². The SMILES string of the molecule is CCNC(c1ccccc1)c1nnc(-c2ccncc2)s1. The van der Waals surface area contributed by atoms with Crippen molar-refractivity contribution in [1.29, 1.82) is 0 Å². The summed E-state index contributed by atoms with van der Waals surface area (Å²) in [5.41, 5.74) is 2.26. The van der Waals surface area contributed by atoms with Crippen LogP contribution in [0.5, 0.6) is 0 Å². The van der Waals surface area contributed by atoms with E-state index in [1.807, 2.05) is 30.3 Å². The summed E-state index contributed by atoms with van der Waals surface area (Å²) in [6.45, 7) is 2.98. The molecule has 0 aliphatic carbocycles. The number of pyridine rings is 1. The van der Waals surface area contributed by atoms with Crippen molar-refractivity contribution in [3.05, 3.63) is 65.4 Å². The van der Waals surface area contributed by atoms with Gasteiger partial charge in [0.15, 0.2) is 0 Å². The Balaban J connectivity index is 1.93.